The third-order valence-electron chi connectivity index (χ3n) is 2.72. The van der Waals surface area contributed by atoms with Crippen molar-refractivity contribution in [2.45, 2.75) is 6.42 Å². The molecule has 100 valence electrons. The largest absolute Gasteiger partial charge is 0.426 e. The van der Waals surface area contributed by atoms with Crippen molar-refractivity contribution in [3.05, 3.63) is 59.0 Å². The molecule has 1 aromatic heterocycles. The highest BCUT2D eigenvalue weighted by atomic mass is 32.1. The molecule has 1 heterocycles. The van der Waals surface area contributed by atoms with Crippen molar-refractivity contribution >= 4 is 29.4 Å². The van der Waals surface area contributed by atoms with E-state index in [2.05, 4.69) is 0 Å². The molecule has 0 saturated carbocycles. The fourth-order valence-electron chi connectivity index (χ4n) is 1.85. The first-order valence-corrected chi connectivity index (χ1v) is 6.40. The topological polar surface area (TPSA) is 52.6 Å². The van der Waals surface area contributed by atoms with Crippen LogP contribution in [0.3, 0.4) is 0 Å². The fraction of sp³-hybridized carbons (Fsp3) is 0.0667. The molecule has 4 nitrogen and oxygen atoms in total. The quantitative estimate of drug-likeness (QED) is 0.415. The molecule has 2 aromatic carbocycles. The summed E-state index contributed by atoms with van der Waals surface area (Å²) in [5.41, 5.74) is 1.89. The third-order valence-corrected chi connectivity index (χ3v) is 2.89. The van der Waals surface area contributed by atoms with Gasteiger partial charge in [-0.05, 0) is 17.7 Å². The van der Waals surface area contributed by atoms with Crippen molar-refractivity contribution in [2.24, 2.45) is 0 Å². The number of carbonyl (C=O) groups is 1. The van der Waals surface area contributed by atoms with Crippen LogP contribution in [0.15, 0.2) is 57.4 Å². The number of hydrogen-bond donors (Lipinski definition) is 0. The number of rotatable bonds is 3. The Labute approximate surface area is 119 Å². The van der Waals surface area contributed by atoms with E-state index in [1.807, 2.05) is 30.3 Å². The molecule has 3 aromatic rings. The summed E-state index contributed by atoms with van der Waals surface area (Å²) in [6.07, 6.45) is 0.216. The Bertz CT molecular complexity index is 801. The van der Waals surface area contributed by atoms with Crippen LogP contribution in [0, 0.1) is 4.90 Å². The summed E-state index contributed by atoms with van der Waals surface area (Å²) in [5, 5.41) is 0. The zero-order valence-electron chi connectivity index (χ0n) is 10.4. The van der Waals surface area contributed by atoms with Crippen molar-refractivity contribution in [3.63, 3.8) is 0 Å². The maximum Gasteiger partial charge on any atom is 0.363 e. The predicted molar refractivity (Wildman–Crippen MR) is 75.1 cm³/mol. The second-order valence-electron chi connectivity index (χ2n) is 4.20. The predicted octanol–water partition coefficient (Wildman–Crippen LogP) is 3.90. The molecule has 0 radical (unpaired) electrons. The number of esters is 1. The molecule has 0 fully saturated rings. The molecule has 0 amide bonds. The molecule has 0 saturated heterocycles. The van der Waals surface area contributed by atoms with Crippen molar-refractivity contribution in [2.75, 3.05) is 0 Å². The Balaban J connectivity index is 1.75. The molecule has 0 bridgehead atoms. The highest BCUT2D eigenvalue weighted by Crippen LogP contribution is 2.22. The fourth-order valence-corrected chi connectivity index (χ4v) is 2.03. The standard InChI is InChI=1S/C15H10O4S/c16-14(8-10-4-2-1-3-5-10)17-11-6-7-12-13(9-11)19-15(20)18-12/h1-7,9H,8H2. The minimum absolute atomic E-state index is 0.0489. The summed E-state index contributed by atoms with van der Waals surface area (Å²) >= 11 is 4.79. The van der Waals surface area contributed by atoms with Crippen LogP contribution in [0.5, 0.6) is 5.75 Å². The molecule has 0 unspecified atom stereocenters. The van der Waals surface area contributed by atoms with Crippen LogP contribution in [-0.4, -0.2) is 5.97 Å². The van der Waals surface area contributed by atoms with Crippen LogP contribution in [0.1, 0.15) is 5.56 Å². The monoisotopic (exact) mass is 286 g/mol. The van der Waals surface area contributed by atoms with Gasteiger partial charge in [-0.1, -0.05) is 30.3 Å². The number of fused-ring (bicyclic) bond motifs is 1. The first kappa shape index (κ1) is 12.6. The maximum absolute atomic E-state index is 11.8. The molecular formula is C15H10O4S. The number of carbonyl (C=O) groups excluding carboxylic acids is 1. The lowest BCUT2D eigenvalue weighted by Gasteiger charge is -2.03. The van der Waals surface area contributed by atoms with Crippen molar-refractivity contribution < 1.29 is 18.4 Å². The summed E-state index contributed by atoms with van der Waals surface area (Å²) in [4.78, 5) is 11.9. The van der Waals surface area contributed by atoms with Gasteiger partial charge in [-0.2, -0.15) is 0 Å². The van der Waals surface area contributed by atoms with Crippen molar-refractivity contribution in [3.8, 4) is 5.75 Å². The SMILES string of the molecule is O=C(Cc1ccccc1)Oc1ccc2oc(=S)oc2c1. The normalized spacial score (nSPS) is 10.6. The second kappa shape index (κ2) is 5.30. The maximum atomic E-state index is 11.8. The van der Waals surface area contributed by atoms with Crippen LogP contribution in [0.4, 0.5) is 0 Å². The molecule has 0 aliphatic heterocycles. The first-order chi connectivity index (χ1) is 9.70. The lowest BCUT2D eigenvalue weighted by atomic mass is 10.2. The van der Waals surface area contributed by atoms with E-state index in [-0.39, 0.29) is 17.3 Å². The number of benzene rings is 2. The van der Waals surface area contributed by atoms with Crippen molar-refractivity contribution in [1.29, 1.82) is 0 Å². The van der Waals surface area contributed by atoms with Gasteiger partial charge in [0.25, 0.3) is 0 Å². The molecule has 20 heavy (non-hydrogen) atoms. The van der Waals surface area contributed by atoms with Gasteiger partial charge in [0.05, 0.1) is 6.42 Å². The molecule has 0 spiro atoms. The van der Waals surface area contributed by atoms with Gasteiger partial charge in [0.2, 0.25) is 0 Å². The average molecular weight is 286 g/mol. The Kier molecular flexibility index (Phi) is 3.35. The van der Waals surface area contributed by atoms with Gasteiger partial charge in [0.1, 0.15) is 5.75 Å². The van der Waals surface area contributed by atoms with Gasteiger partial charge in [-0.25, -0.2) is 0 Å². The minimum atomic E-state index is -0.336. The zero-order chi connectivity index (χ0) is 13.9. The highest BCUT2D eigenvalue weighted by Gasteiger charge is 2.09. The van der Waals surface area contributed by atoms with E-state index in [4.69, 9.17) is 25.8 Å². The van der Waals surface area contributed by atoms with Gasteiger partial charge < -0.3 is 13.6 Å². The van der Waals surface area contributed by atoms with Crippen LogP contribution in [0.2, 0.25) is 0 Å². The molecule has 0 aliphatic rings. The van der Waals surface area contributed by atoms with E-state index < -0.39 is 0 Å². The lowest BCUT2D eigenvalue weighted by molar-refractivity contribution is -0.133. The molecule has 0 aliphatic carbocycles. The zero-order valence-corrected chi connectivity index (χ0v) is 11.2. The van der Waals surface area contributed by atoms with Gasteiger partial charge in [0.15, 0.2) is 11.2 Å². The average Bonchev–Trinajstić information content (AvgIpc) is 2.79. The smallest absolute Gasteiger partial charge is 0.363 e. The van der Waals surface area contributed by atoms with Gasteiger partial charge in [-0.3, -0.25) is 4.79 Å². The van der Waals surface area contributed by atoms with E-state index in [0.717, 1.165) is 5.56 Å². The Morgan fingerprint density at radius 2 is 1.80 bits per heavy atom. The van der Waals surface area contributed by atoms with Gasteiger partial charge in [-0.15, -0.1) is 0 Å². The minimum Gasteiger partial charge on any atom is -0.426 e. The Morgan fingerprint density at radius 3 is 2.60 bits per heavy atom. The van der Waals surface area contributed by atoms with E-state index in [1.54, 1.807) is 18.2 Å². The van der Waals surface area contributed by atoms with Gasteiger partial charge >= 0.3 is 10.9 Å². The summed E-state index contributed by atoms with van der Waals surface area (Å²) < 4.78 is 15.6. The summed E-state index contributed by atoms with van der Waals surface area (Å²) in [6.45, 7) is 0. The van der Waals surface area contributed by atoms with Crippen molar-refractivity contribution in [1.82, 2.24) is 0 Å². The van der Waals surface area contributed by atoms with E-state index in [1.165, 1.54) is 0 Å². The molecular weight excluding hydrogens is 276 g/mol. The third kappa shape index (κ3) is 2.78. The van der Waals surface area contributed by atoms with E-state index in [9.17, 15) is 4.79 Å². The lowest BCUT2D eigenvalue weighted by Crippen LogP contribution is -2.10. The molecule has 0 N–H and O–H groups in total. The highest BCUT2D eigenvalue weighted by molar-refractivity contribution is 7.71. The van der Waals surface area contributed by atoms with Crippen LogP contribution in [0.25, 0.3) is 11.2 Å². The number of hydrogen-bond acceptors (Lipinski definition) is 5. The van der Waals surface area contributed by atoms with E-state index >= 15 is 0 Å². The number of ether oxygens (including phenoxy) is 1. The second-order valence-corrected chi connectivity index (χ2v) is 4.53. The molecule has 0 atom stereocenters. The van der Waals surface area contributed by atoms with Gasteiger partial charge in [0, 0.05) is 18.3 Å². The Hall–Kier alpha value is -2.40. The van der Waals surface area contributed by atoms with Crippen LogP contribution >= 0.6 is 12.2 Å². The summed E-state index contributed by atoms with van der Waals surface area (Å²) in [5.74, 6) is 0.0654. The summed E-state index contributed by atoms with van der Waals surface area (Å²) in [6, 6.07) is 14.3. The molecule has 5 heteroatoms. The Morgan fingerprint density at radius 1 is 1.05 bits per heavy atom. The molecule has 3 rings (SSSR count). The van der Waals surface area contributed by atoms with Crippen LogP contribution in [-0.2, 0) is 11.2 Å². The summed E-state index contributed by atoms with van der Waals surface area (Å²) in [7, 11) is 0. The van der Waals surface area contributed by atoms with E-state index in [0.29, 0.717) is 16.9 Å². The van der Waals surface area contributed by atoms with Crippen LogP contribution < -0.4 is 4.74 Å². The first-order valence-electron chi connectivity index (χ1n) is 5.99.